The minimum Gasteiger partial charge on any atom is -0.333 e. The molecule has 0 fully saturated rings. The fourth-order valence-electron chi connectivity index (χ4n) is 1.35. The van der Waals surface area contributed by atoms with Crippen LogP contribution in [0.3, 0.4) is 0 Å². The Hall–Kier alpha value is -1.60. The van der Waals surface area contributed by atoms with E-state index in [9.17, 15) is 9.18 Å². The van der Waals surface area contributed by atoms with Crippen LogP contribution in [0.4, 0.5) is 4.39 Å². The van der Waals surface area contributed by atoms with Crippen molar-refractivity contribution in [1.29, 1.82) is 5.26 Å². The van der Waals surface area contributed by atoms with Crippen molar-refractivity contribution in [1.82, 2.24) is 4.90 Å². The van der Waals surface area contributed by atoms with Crippen molar-refractivity contribution < 1.29 is 9.18 Å². The third-order valence-corrected chi connectivity index (χ3v) is 2.84. The van der Waals surface area contributed by atoms with Crippen LogP contribution in [0.1, 0.15) is 11.1 Å². The maximum absolute atomic E-state index is 13.3. The van der Waals surface area contributed by atoms with Gasteiger partial charge in [-0.3, -0.25) is 4.79 Å². The number of carbonyl (C=O) groups excluding carboxylic acids is 1. The van der Waals surface area contributed by atoms with E-state index in [0.717, 1.165) is 0 Å². The topological polar surface area (TPSA) is 44.1 Å². The maximum Gasteiger partial charge on any atom is 0.324 e. The van der Waals surface area contributed by atoms with Gasteiger partial charge in [-0.25, -0.2) is 4.39 Å². The Labute approximate surface area is 104 Å². The molecule has 0 unspecified atom stereocenters. The summed E-state index contributed by atoms with van der Waals surface area (Å²) in [4.78, 5) is 12.3. The second kappa shape index (κ2) is 5.65. The third kappa shape index (κ3) is 3.43. The van der Waals surface area contributed by atoms with Crippen LogP contribution < -0.4 is 0 Å². The zero-order chi connectivity index (χ0) is 13.0. The zero-order valence-corrected chi connectivity index (χ0v) is 10.4. The van der Waals surface area contributed by atoms with Crippen molar-refractivity contribution in [3.05, 3.63) is 34.1 Å². The summed E-state index contributed by atoms with van der Waals surface area (Å²) in [5, 5.41) is 8.88. The number of halogens is 2. The molecule has 90 valence electrons. The molecule has 5 heteroatoms. The Kier molecular flexibility index (Phi) is 4.47. The molecule has 0 bridgehead atoms. The van der Waals surface area contributed by atoms with Crippen LogP contribution in [-0.4, -0.2) is 24.4 Å². The Morgan fingerprint density at radius 3 is 2.82 bits per heavy atom. The van der Waals surface area contributed by atoms with E-state index in [1.165, 1.54) is 24.1 Å². The number of carbonyl (C=O) groups is 1. The Balaban J connectivity index is 2.74. The van der Waals surface area contributed by atoms with Crippen LogP contribution >= 0.6 is 11.6 Å². The average molecular weight is 255 g/mol. The number of rotatable bonds is 3. The van der Waals surface area contributed by atoms with Crippen LogP contribution in [0.15, 0.2) is 12.1 Å². The van der Waals surface area contributed by atoms with Gasteiger partial charge in [0, 0.05) is 18.6 Å². The minimum atomic E-state index is -0.617. The van der Waals surface area contributed by atoms with Gasteiger partial charge in [0.1, 0.15) is 5.82 Å². The molecule has 17 heavy (non-hydrogen) atoms. The van der Waals surface area contributed by atoms with Crippen molar-refractivity contribution in [2.24, 2.45) is 0 Å². The van der Waals surface area contributed by atoms with Crippen LogP contribution in [0.25, 0.3) is 0 Å². The van der Waals surface area contributed by atoms with E-state index >= 15 is 0 Å². The van der Waals surface area contributed by atoms with Crippen LogP contribution in [0.5, 0.6) is 0 Å². The molecule has 1 rings (SSSR count). The molecular weight excluding hydrogens is 243 g/mol. The number of hydrogen-bond donors (Lipinski definition) is 0. The predicted octanol–water partition coefficient (Wildman–Crippen LogP) is 2.31. The van der Waals surface area contributed by atoms with Gasteiger partial charge in [-0.15, -0.1) is 0 Å². The molecule has 1 aromatic carbocycles. The normalized spacial score (nSPS) is 9.82. The van der Waals surface area contributed by atoms with Gasteiger partial charge in [-0.05, 0) is 36.6 Å². The van der Waals surface area contributed by atoms with Crippen molar-refractivity contribution in [2.45, 2.75) is 13.3 Å². The average Bonchev–Trinajstić information content (AvgIpc) is 2.30. The molecule has 0 atom stereocenters. The number of benzene rings is 1. The first kappa shape index (κ1) is 13.5. The summed E-state index contributed by atoms with van der Waals surface area (Å²) >= 11 is 5.96. The third-order valence-electron chi connectivity index (χ3n) is 2.49. The smallest absolute Gasteiger partial charge is 0.324 e. The summed E-state index contributed by atoms with van der Waals surface area (Å²) in [7, 11) is 1.52. The Morgan fingerprint density at radius 1 is 1.59 bits per heavy atom. The summed E-state index contributed by atoms with van der Waals surface area (Å²) < 4.78 is 13.3. The lowest BCUT2D eigenvalue weighted by molar-refractivity contribution is -0.124. The molecule has 0 saturated carbocycles. The van der Waals surface area contributed by atoms with E-state index in [-0.39, 0.29) is 5.82 Å². The molecule has 0 radical (unpaired) electrons. The van der Waals surface area contributed by atoms with E-state index in [2.05, 4.69) is 0 Å². The van der Waals surface area contributed by atoms with E-state index in [4.69, 9.17) is 16.9 Å². The summed E-state index contributed by atoms with van der Waals surface area (Å²) in [5.41, 5.74) is 1.12. The molecule has 0 heterocycles. The molecule has 1 aromatic rings. The SMILES string of the molecule is Cc1cc(Cl)c(CCN(C)C(=O)C#N)cc1F. The van der Waals surface area contributed by atoms with Crippen molar-refractivity contribution in [3.8, 4) is 6.07 Å². The van der Waals surface area contributed by atoms with Crippen LogP contribution in [-0.2, 0) is 11.2 Å². The van der Waals surface area contributed by atoms with E-state index in [0.29, 0.717) is 29.1 Å². The van der Waals surface area contributed by atoms with Gasteiger partial charge in [-0.1, -0.05) is 11.6 Å². The molecule has 0 aliphatic heterocycles. The maximum atomic E-state index is 13.3. The number of hydrogen-bond acceptors (Lipinski definition) is 2. The van der Waals surface area contributed by atoms with Gasteiger partial charge < -0.3 is 4.90 Å². The van der Waals surface area contributed by atoms with Gasteiger partial charge in [0.25, 0.3) is 0 Å². The van der Waals surface area contributed by atoms with Gasteiger partial charge in [0.2, 0.25) is 0 Å². The van der Waals surface area contributed by atoms with Gasteiger partial charge in [0.15, 0.2) is 6.07 Å². The first-order valence-electron chi connectivity index (χ1n) is 5.05. The minimum absolute atomic E-state index is 0.321. The highest BCUT2D eigenvalue weighted by atomic mass is 35.5. The number of aryl methyl sites for hydroxylation is 1. The summed E-state index contributed by atoms with van der Waals surface area (Å²) in [6.07, 6.45) is 0.417. The summed E-state index contributed by atoms with van der Waals surface area (Å²) in [5.74, 6) is -0.938. The lowest BCUT2D eigenvalue weighted by Gasteiger charge is -2.13. The first-order chi connectivity index (χ1) is 7.95. The zero-order valence-electron chi connectivity index (χ0n) is 9.63. The molecule has 0 saturated heterocycles. The van der Waals surface area contributed by atoms with Gasteiger partial charge in [-0.2, -0.15) is 5.26 Å². The lowest BCUT2D eigenvalue weighted by atomic mass is 10.1. The van der Waals surface area contributed by atoms with E-state index in [1.54, 1.807) is 13.0 Å². The molecule has 0 aliphatic rings. The van der Waals surface area contributed by atoms with Crippen molar-refractivity contribution in [3.63, 3.8) is 0 Å². The molecule has 0 spiro atoms. The van der Waals surface area contributed by atoms with Crippen LogP contribution in [0, 0.1) is 24.1 Å². The highest BCUT2D eigenvalue weighted by molar-refractivity contribution is 6.31. The second-order valence-electron chi connectivity index (χ2n) is 3.78. The quantitative estimate of drug-likeness (QED) is 0.777. The molecule has 1 amide bonds. The summed E-state index contributed by atoms with van der Waals surface area (Å²) in [6.45, 7) is 1.96. The highest BCUT2D eigenvalue weighted by Crippen LogP contribution is 2.21. The Bertz CT molecular complexity index is 482. The molecule has 3 nitrogen and oxygen atoms in total. The van der Waals surface area contributed by atoms with Gasteiger partial charge >= 0.3 is 5.91 Å². The number of amides is 1. The monoisotopic (exact) mass is 254 g/mol. The predicted molar refractivity (Wildman–Crippen MR) is 63.1 cm³/mol. The molecular formula is C12H12ClFN2O. The van der Waals surface area contributed by atoms with Crippen LogP contribution in [0.2, 0.25) is 5.02 Å². The molecule has 0 N–H and O–H groups in total. The van der Waals surface area contributed by atoms with Gasteiger partial charge in [0.05, 0.1) is 0 Å². The first-order valence-corrected chi connectivity index (χ1v) is 5.43. The fraction of sp³-hybridized carbons (Fsp3) is 0.333. The fourth-order valence-corrected chi connectivity index (χ4v) is 1.67. The molecule has 0 aromatic heterocycles. The number of likely N-dealkylation sites (N-methyl/N-ethyl adjacent to an activating group) is 1. The van der Waals surface area contributed by atoms with E-state index < -0.39 is 5.91 Å². The van der Waals surface area contributed by atoms with Crippen molar-refractivity contribution >= 4 is 17.5 Å². The highest BCUT2D eigenvalue weighted by Gasteiger charge is 2.10. The lowest BCUT2D eigenvalue weighted by Crippen LogP contribution is -2.27. The van der Waals surface area contributed by atoms with Crippen molar-refractivity contribution in [2.75, 3.05) is 13.6 Å². The largest absolute Gasteiger partial charge is 0.333 e. The number of nitriles is 1. The standard InChI is InChI=1S/C12H12ClFN2O/c1-8-5-10(13)9(6-11(8)14)3-4-16(2)12(17)7-15/h5-6H,3-4H2,1-2H3. The summed E-state index contributed by atoms with van der Waals surface area (Å²) in [6, 6.07) is 4.43. The molecule has 0 aliphatic carbocycles. The Morgan fingerprint density at radius 2 is 2.24 bits per heavy atom. The second-order valence-corrected chi connectivity index (χ2v) is 4.19. The number of nitrogens with zero attached hydrogens (tertiary/aromatic N) is 2. The van der Waals surface area contributed by atoms with E-state index in [1.807, 2.05) is 0 Å².